The van der Waals surface area contributed by atoms with Gasteiger partial charge in [-0.3, -0.25) is 4.79 Å². The number of aryl methyl sites for hydroxylation is 1. The number of benzene rings is 1. The highest BCUT2D eigenvalue weighted by molar-refractivity contribution is 5.80. The Morgan fingerprint density at radius 1 is 1.47 bits per heavy atom. The van der Waals surface area contributed by atoms with Gasteiger partial charge in [-0.2, -0.15) is 0 Å². The van der Waals surface area contributed by atoms with Gasteiger partial charge < -0.3 is 14.8 Å². The molecule has 0 bridgehead atoms. The summed E-state index contributed by atoms with van der Waals surface area (Å²) in [5.74, 6) is 0.612. The number of carbonyl (C=O) groups excluding carboxylic acids is 1. The van der Waals surface area contributed by atoms with Crippen LogP contribution < -0.4 is 10.1 Å². The Morgan fingerprint density at radius 2 is 2.21 bits per heavy atom. The second-order valence-electron chi connectivity index (χ2n) is 4.95. The number of rotatable bonds is 5. The Kier molecular flexibility index (Phi) is 4.80. The molecule has 1 aliphatic heterocycles. The average molecular weight is 263 g/mol. The van der Waals surface area contributed by atoms with E-state index in [2.05, 4.69) is 5.32 Å². The molecule has 0 saturated carbocycles. The van der Waals surface area contributed by atoms with Crippen molar-refractivity contribution < 1.29 is 14.3 Å². The molecule has 1 aromatic carbocycles. The van der Waals surface area contributed by atoms with Gasteiger partial charge in [0.1, 0.15) is 5.75 Å². The standard InChI is InChI=1S/C15H21NO3/c1-11-5-7-13(8-6-11)19-12(2)15(17)16-10-14-4-3-9-18-14/h5-8,12,14H,3-4,9-10H2,1-2H3,(H,16,17)/t12-,14+/m0/s1. The van der Waals surface area contributed by atoms with E-state index in [0.717, 1.165) is 19.4 Å². The topological polar surface area (TPSA) is 47.6 Å². The lowest BCUT2D eigenvalue weighted by Crippen LogP contribution is -2.40. The molecule has 0 unspecified atom stereocenters. The fraction of sp³-hybridized carbons (Fsp3) is 0.533. The van der Waals surface area contributed by atoms with Crippen molar-refractivity contribution in [3.05, 3.63) is 29.8 Å². The van der Waals surface area contributed by atoms with Gasteiger partial charge in [0.25, 0.3) is 5.91 Å². The van der Waals surface area contributed by atoms with Crippen LogP contribution in [0.4, 0.5) is 0 Å². The molecule has 2 rings (SSSR count). The zero-order valence-corrected chi connectivity index (χ0v) is 11.5. The van der Waals surface area contributed by atoms with Gasteiger partial charge in [-0.05, 0) is 38.8 Å². The van der Waals surface area contributed by atoms with Crippen molar-refractivity contribution in [2.24, 2.45) is 0 Å². The zero-order chi connectivity index (χ0) is 13.7. The summed E-state index contributed by atoms with van der Waals surface area (Å²) < 4.78 is 11.1. The Balaban J connectivity index is 1.76. The predicted octanol–water partition coefficient (Wildman–Crippen LogP) is 2.06. The molecule has 1 aromatic rings. The van der Waals surface area contributed by atoms with E-state index >= 15 is 0 Å². The van der Waals surface area contributed by atoms with Crippen molar-refractivity contribution in [1.82, 2.24) is 5.32 Å². The first-order valence-electron chi connectivity index (χ1n) is 6.78. The normalized spacial score (nSPS) is 20.0. The molecule has 1 amide bonds. The first-order chi connectivity index (χ1) is 9.15. The van der Waals surface area contributed by atoms with E-state index in [-0.39, 0.29) is 12.0 Å². The Bertz CT molecular complexity index is 410. The van der Waals surface area contributed by atoms with E-state index in [1.165, 1.54) is 5.56 Å². The first kappa shape index (κ1) is 13.9. The van der Waals surface area contributed by atoms with Crippen LogP contribution in [0.25, 0.3) is 0 Å². The van der Waals surface area contributed by atoms with Crippen LogP contribution in [0.3, 0.4) is 0 Å². The molecular weight excluding hydrogens is 242 g/mol. The summed E-state index contributed by atoms with van der Waals surface area (Å²) in [4.78, 5) is 11.9. The van der Waals surface area contributed by atoms with Gasteiger partial charge in [-0.25, -0.2) is 0 Å². The Labute approximate surface area is 114 Å². The predicted molar refractivity (Wildman–Crippen MR) is 73.3 cm³/mol. The number of ether oxygens (including phenoxy) is 2. The van der Waals surface area contributed by atoms with Crippen LogP contribution >= 0.6 is 0 Å². The molecule has 1 saturated heterocycles. The first-order valence-corrected chi connectivity index (χ1v) is 6.78. The molecular formula is C15H21NO3. The number of carbonyl (C=O) groups is 1. The number of hydrogen-bond donors (Lipinski definition) is 1. The molecule has 0 radical (unpaired) electrons. The minimum absolute atomic E-state index is 0.101. The molecule has 0 aromatic heterocycles. The quantitative estimate of drug-likeness (QED) is 0.884. The van der Waals surface area contributed by atoms with Crippen molar-refractivity contribution in [3.63, 3.8) is 0 Å². The third-order valence-electron chi connectivity index (χ3n) is 3.23. The van der Waals surface area contributed by atoms with E-state index in [9.17, 15) is 4.79 Å². The summed E-state index contributed by atoms with van der Waals surface area (Å²) >= 11 is 0. The van der Waals surface area contributed by atoms with E-state index in [4.69, 9.17) is 9.47 Å². The summed E-state index contributed by atoms with van der Waals surface area (Å²) in [5.41, 5.74) is 1.17. The molecule has 1 heterocycles. The summed E-state index contributed by atoms with van der Waals surface area (Å²) in [6, 6.07) is 7.68. The van der Waals surface area contributed by atoms with E-state index in [0.29, 0.717) is 12.3 Å². The fourth-order valence-corrected chi connectivity index (χ4v) is 2.04. The minimum atomic E-state index is -0.496. The van der Waals surface area contributed by atoms with Crippen LogP contribution in [-0.4, -0.2) is 31.3 Å². The lowest BCUT2D eigenvalue weighted by molar-refractivity contribution is -0.127. The highest BCUT2D eigenvalue weighted by atomic mass is 16.5. The minimum Gasteiger partial charge on any atom is -0.481 e. The van der Waals surface area contributed by atoms with Gasteiger partial charge in [0.2, 0.25) is 0 Å². The van der Waals surface area contributed by atoms with E-state index in [1.54, 1.807) is 6.92 Å². The summed E-state index contributed by atoms with van der Waals surface area (Å²) in [6.07, 6.45) is 1.77. The maximum atomic E-state index is 11.9. The van der Waals surface area contributed by atoms with Crippen molar-refractivity contribution >= 4 is 5.91 Å². The maximum Gasteiger partial charge on any atom is 0.260 e. The van der Waals surface area contributed by atoms with Crippen molar-refractivity contribution in [1.29, 1.82) is 0 Å². The third kappa shape index (κ3) is 4.24. The van der Waals surface area contributed by atoms with Gasteiger partial charge >= 0.3 is 0 Å². The van der Waals surface area contributed by atoms with Crippen LogP contribution in [0.5, 0.6) is 5.75 Å². The molecule has 1 aliphatic rings. The number of hydrogen-bond acceptors (Lipinski definition) is 3. The Morgan fingerprint density at radius 3 is 2.84 bits per heavy atom. The van der Waals surface area contributed by atoms with Gasteiger partial charge in [0, 0.05) is 13.2 Å². The van der Waals surface area contributed by atoms with E-state index < -0.39 is 6.10 Å². The summed E-state index contributed by atoms with van der Waals surface area (Å²) in [7, 11) is 0. The second kappa shape index (κ2) is 6.57. The summed E-state index contributed by atoms with van der Waals surface area (Å²) in [5, 5.41) is 2.87. The number of amides is 1. The third-order valence-corrected chi connectivity index (χ3v) is 3.23. The number of nitrogens with one attached hydrogen (secondary N) is 1. The lowest BCUT2D eigenvalue weighted by Gasteiger charge is -2.16. The largest absolute Gasteiger partial charge is 0.481 e. The van der Waals surface area contributed by atoms with Crippen LogP contribution in [0.15, 0.2) is 24.3 Å². The van der Waals surface area contributed by atoms with Crippen molar-refractivity contribution in [2.75, 3.05) is 13.2 Å². The van der Waals surface area contributed by atoms with Gasteiger partial charge in [0.15, 0.2) is 6.10 Å². The van der Waals surface area contributed by atoms with Gasteiger partial charge in [0.05, 0.1) is 6.10 Å². The lowest BCUT2D eigenvalue weighted by atomic mass is 10.2. The van der Waals surface area contributed by atoms with Crippen molar-refractivity contribution in [2.45, 2.75) is 38.9 Å². The molecule has 1 N–H and O–H groups in total. The van der Waals surface area contributed by atoms with Gasteiger partial charge in [-0.15, -0.1) is 0 Å². The molecule has 104 valence electrons. The van der Waals surface area contributed by atoms with Crippen molar-refractivity contribution in [3.8, 4) is 5.75 Å². The smallest absolute Gasteiger partial charge is 0.260 e. The molecule has 1 fully saturated rings. The molecule has 2 atom stereocenters. The molecule has 0 spiro atoms. The van der Waals surface area contributed by atoms with E-state index in [1.807, 2.05) is 31.2 Å². The maximum absolute atomic E-state index is 11.9. The summed E-state index contributed by atoms with van der Waals surface area (Å²) in [6.45, 7) is 5.14. The fourth-order valence-electron chi connectivity index (χ4n) is 2.04. The SMILES string of the molecule is Cc1ccc(O[C@@H](C)C(=O)NC[C@H]2CCCO2)cc1. The molecule has 0 aliphatic carbocycles. The molecule has 4 heteroatoms. The second-order valence-corrected chi connectivity index (χ2v) is 4.95. The average Bonchev–Trinajstić information content (AvgIpc) is 2.91. The van der Waals surface area contributed by atoms with Crippen LogP contribution in [-0.2, 0) is 9.53 Å². The molecule has 19 heavy (non-hydrogen) atoms. The highest BCUT2D eigenvalue weighted by Crippen LogP contribution is 2.14. The van der Waals surface area contributed by atoms with Crippen LogP contribution in [0, 0.1) is 6.92 Å². The highest BCUT2D eigenvalue weighted by Gasteiger charge is 2.19. The molecule has 4 nitrogen and oxygen atoms in total. The van der Waals surface area contributed by atoms with Crippen LogP contribution in [0.1, 0.15) is 25.3 Å². The Hall–Kier alpha value is -1.55. The monoisotopic (exact) mass is 263 g/mol. The van der Waals surface area contributed by atoms with Crippen LogP contribution in [0.2, 0.25) is 0 Å². The van der Waals surface area contributed by atoms with Gasteiger partial charge in [-0.1, -0.05) is 17.7 Å². The zero-order valence-electron chi connectivity index (χ0n) is 11.5.